The van der Waals surface area contributed by atoms with Crippen LogP contribution < -0.4 is 11.5 Å². The highest BCUT2D eigenvalue weighted by atomic mass is 16.2. The zero-order chi connectivity index (χ0) is 32.9. The summed E-state index contributed by atoms with van der Waals surface area (Å²) in [6, 6.07) is 21.6. The molecule has 4 amide bonds. The molecule has 2 atom stereocenters. The maximum Gasteiger partial charge on any atom is 0.246 e. The van der Waals surface area contributed by atoms with E-state index in [1.54, 1.807) is 31.9 Å². The number of amides is 4. The normalized spacial score (nSPS) is 16.7. The van der Waals surface area contributed by atoms with Crippen molar-refractivity contribution in [1.29, 1.82) is 0 Å². The molecule has 0 unspecified atom stereocenters. The van der Waals surface area contributed by atoms with Gasteiger partial charge in [0.2, 0.25) is 23.6 Å². The van der Waals surface area contributed by atoms with Crippen LogP contribution in [0.4, 0.5) is 0 Å². The fraction of sp³-hybridized carbons (Fsp3) is 0.389. The molecule has 3 aromatic carbocycles. The minimum Gasteiger partial charge on any atom is -0.368 e. The lowest BCUT2D eigenvalue weighted by Crippen LogP contribution is -2.68. The Hall–Kier alpha value is -4.50. The number of nitrogens with two attached hydrogens (primary N) is 2. The fourth-order valence-corrected chi connectivity index (χ4v) is 5.68. The molecule has 1 aliphatic heterocycles. The van der Waals surface area contributed by atoms with E-state index in [0.717, 1.165) is 21.9 Å². The van der Waals surface area contributed by atoms with Crippen LogP contribution in [0.5, 0.6) is 0 Å². The monoisotopic (exact) mass is 611 g/mol. The molecule has 4 rings (SSSR count). The Bertz CT molecular complexity index is 1580. The lowest BCUT2D eigenvalue weighted by molar-refractivity contribution is -0.161. The molecular formula is C36H45N5O4. The van der Waals surface area contributed by atoms with Crippen LogP contribution in [0.15, 0.2) is 84.9 Å². The SMILES string of the molecule is CN(C(=O)/C=C/CC(C)(C)N)[C@H](Cc1ccc2ccccc2c1)C(=O)N1CCN(C(C)(C)C(N)=O)C(=O)[C@H]1Cc1ccccc1. The van der Waals surface area contributed by atoms with Crippen LogP contribution in [-0.4, -0.2) is 81.6 Å². The van der Waals surface area contributed by atoms with Crippen LogP contribution >= 0.6 is 0 Å². The molecule has 0 saturated carbocycles. The molecule has 0 aliphatic carbocycles. The van der Waals surface area contributed by atoms with Gasteiger partial charge in [0, 0.05) is 38.5 Å². The van der Waals surface area contributed by atoms with Crippen LogP contribution in [0.25, 0.3) is 10.8 Å². The average molecular weight is 612 g/mol. The molecule has 1 heterocycles. The first-order chi connectivity index (χ1) is 21.2. The van der Waals surface area contributed by atoms with Gasteiger partial charge in [-0.25, -0.2) is 0 Å². The summed E-state index contributed by atoms with van der Waals surface area (Å²) < 4.78 is 0. The van der Waals surface area contributed by atoms with Gasteiger partial charge in [0.05, 0.1) is 0 Å². The van der Waals surface area contributed by atoms with E-state index in [2.05, 4.69) is 0 Å². The van der Waals surface area contributed by atoms with E-state index in [4.69, 9.17) is 11.5 Å². The number of hydrogen-bond acceptors (Lipinski definition) is 5. The first kappa shape index (κ1) is 33.4. The fourth-order valence-electron chi connectivity index (χ4n) is 5.68. The van der Waals surface area contributed by atoms with Crippen molar-refractivity contribution in [3.8, 4) is 0 Å². The molecule has 1 saturated heterocycles. The van der Waals surface area contributed by atoms with Gasteiger partial charge in [0.1, 0.15) is 17.6 Å². The van der Waals surface area contributed by atoms with Crippen LogP contribution in [-0.2, 0) is 32.0 Å². The summed E-state index contributed by atoms with van der Waals surface area (Å²) >= 11 is 0. The maximum absolute atomic E-state index is 14.6. The van der Waals surface area contributed by atoms with Gasteiger partial charge in [-0.1, -0.05) is 78.9 Å². The Balaban J connectivity index is 1.71. The zero-order valence-corrected chi connectivity index (χ0v) is 26.9. The molecule has 1 aliphatic rings. The summed E-state index contributed by atoms with van der Waals surface area (Å²) in [5.74, 6) is -1.65. The van der Waals surface area contributed by atoms with Crippen LogP contribution in [0, 0.1) is 0 Å². The average Bonchev–Trinajstić information content (AvgIpc) is 2.99. The molecule has 4 N–H and O–H groups in total. The van der Waals surface area contributed by atoms with E-state index in [0.29, 0.717) is 6.42 Å². The number of piperazine rings is 1. The first-order valence-corrected chi connectivity index (χ1v) is 15.3. The van der Waals surface area contributed by atoms with Crippen molar-refractivity contribution in [1.82, 2.24) is 14.7 Å². The lowest BCUT2D eigenvalue weighted by atomic mass is 9.93. The third-order valence-electron chi connectivity index (χ3n) is 8.57. The zero-order valence-electron chi connectivity index (χ0n) is 26.9. The molecular weight excluding hydrogens is 566 g/mol. The number of nitrogens with zero attached hydrogens (tertiary/aromatic N) is 3. The van der Waals surface area contributed by atoms with E-state index in [1.807, 2.05) is 86.6 Å². The number of benzene rings is 3. The summed E-state index contributed by atoms with van der Waals surface area (Å²) in [6.07, 6.45) is 4.17. The van der Waals surface area contributed by atoms with Crippen molar-refractivity contribution in [3.05, 3.63) is 96.1 Å². The Labute approximate surface area is 265 Å². The number of hydrogen-bond donors (Lipinski definition) is 2. The second-order valence-corrected chi connectivity index (χ2v) is 13.1. The highest BCUT2D eigenvalue weighted by Crippen LogP contribution is 2.26. The van der Waals surface area contributed by atoms with Gasteiger partial charge in [0.15, 0.2) is 0 Å². The molecule has 238 valence electrons. The predicted octanol–water partition coefficient (Wildman–Crippen LogP) is 3.44. The molecule has 0 radical (unpaired) electrons. The largest absolute Gasteiger partial charge is 0.368 e. The van der Waals surface area contributed by atoms with E-state index in [-0.39, 0.29) is 43.7 Å². The Kier molecular flexibility index (Phi) is 10.1. The highest BCUT2D eigenvalue weighted by Gasteiger charge is 2.46. The summed E-state index contributed by atoms with van der Waals surface area (Å²) in [5.41, 5.74) is 11.8. The molecule has 0 bridgehead atoms. The molecule has 0 spiro atoms. The summed E-state index contributed by atoms with van der Waals surface area (Å²) in [4.78, 5) is 59.0. The quantitative estimate of drug-likeness (QED) is 0.321. The minimum atomic E-state index is -1.24. The van der Waals surface area contributed by atoms with Crippen molar-refractivity contribution in [2.24, 2.45) is 11.5 Å². The van der Waals surface area contributed by atoms with Crippen molar-refractivity contribution >= 4 is 34.4 Å². The molecule has 3 aromatic rings. The van der Waals surface area contributed by atoms with E-state index in [1.165, 1.54) is 15.9 Å². The summed E-state index contributed by atoms with van der Waals surface area (Å²) in [6.45, 7) is 7.31. The van der Waals surface area contributed by atoms with Gasteiger partial charge in [-0.05, 0) is 62.1 Å². The molecule has 45 heavy (non-hydrogen) atoms. The van der Waals surface area contributed by atoms with Gasteiger partial charge in [-0.15, -0.1) is 0 Å². The van der Waals surface area contributed by atoms with Crippen LogP contribution in [0.1, 0.15) is 45.2 Å². The minimum absolute atomic E-state index is 0.137. The van der Waals surface area contributed by atoms with Gasteiger partial charge >= 0.3 is 0 Å². The van der Waals surface area contributed by atoms with E-state index < -0.39 is 29.1 Å². The highest BCUT2D eigenvalue weighted by molar-refractivity contribution is 5.97. The number of carbonyl (C=O) groups excluding carboxylic acids is 4. The number of likely N-dealkylation sites (N-methyl/N-ethyl adjacent to an activating group) is 1. The van der Waals surface area contributed by atoms with Gasteiger partial charge in [0.25, 0.3) is 0 Å². The van der Waals surface area contributed by atoms with Crippen LogP contribution in [0.3, 0.4) is 0 Å². The Morgan fingerprint density at radius 2 is 1.58 bits per heavy atom. The maximum atomic E-state index is 14.6. The Morgan fingerprint density at radius 3 is 2.22 bits per heavy atom. The first-order valence-electron chi connectivity index (χ1n) is 15.3. The smallest absolute Gasteiger partial charge is 0.246 e. The van der Waals surface area contributed by atoms with Crippen molar-refractivity contribution < 1.29 is 19.2 Å². The second-order valence-electron chi connectivity index (χ2n) is 13.1. The summed E-state index contributed by atoms with van der Waals surface area (Å²) in [5, 5.41) is 2.10. The molecule has 9 nitrogen and oxygen atoms in total. The standard InChI is InChI=1S/C36H45N5O4/c1-35(2,38)19-11-16-31(42)39(5)29(24-26-17-18-27-14-9-10-15-28(27)22-26)32(43)40-20-21-41(36(3,4)34(37)45)33(44)30(40)23-25-12-7-6-8-13-25/h6-18,22,29-30H,19-21,23-24,38H2,1-5H3,(H2,37,45)/b16-11+/t29-,30-/m1/s1. The van der Waals surface area contributed by atoms with Crippen molar-refractivity contribution in [2.75, 3.05) is 20.1 Å². The molecule has 0 aromatic heterocycles. The Morgan fingerprint density at radius 1 is 0.933 bits per heavy atom. The third-order valence-corrected chi connectivity index (χ3v) is 8.57. The van der Waals surface area contributed by atoms with Crippen molar-refractivity contribution in [2.45, 2.75) is 70.1 Å². The summed E-state index contributed by atoms with van der Waals surface area (Å²) in [7, 11) is 1.62. The second kappa shape index (κ2) is 13.6. The number of fused-ring (bicyclic) bond motifs is 1. The molecule has 9 heteroatoms. The van der Waals surface area contributed by atoms with E-state index in [9.17, 15) is 19.2 Å². The van der Waals surface area contributed by atoms with Gasteiger partial charge < -0.3 is 26.2 Å². The lowest BCUT2D eigenvalue weighted by Gasteiger charge is -2.47. The van der Waals surface area contributed by atoms with Gasteiger partial charge in [-0.3, -0.25) is 19.2 Å². The van der Waals surface area contributed by atoms with Crippen molar-refractivity contribution in [3.63, 3.8) is 0 Å². The number of rotatable bonds is 11. The topological polar surface area (TPSA) is 130 Å². The van der Waals surface area contributed by atoms with Crippen LogP contribution in [0.2, 0.25) is 0 Å². The molecule has 1 fully saturated rings. The number of carbonyl (C=O) groups is 4. The van der Waals surface area contributed by atoms with Gasteiger partial charge in [-0.2, -0.15) is 0 Å². The predicted molar refractivity (Wildman–Crippen MR) is 177 cm³/mol. The third kappa shape index (κ3) is 7.97. The number of primary amides is 1. The van der Waals surface area contributed by atoms with E-state index >= 15 is 0 Å².